The van der Waals surface area contributed by atoms with Crippen molar-refractivity contribution in [3.63, 3.8) is 0 Å². The van der Waals surface area contributed by atoms with Gasteiger partial charge in [0.1, 0.15) is 17.0 Å². The van der Waals surface area contributed by atoms with E-state index in [1.165, 1.54) is 0 Å². The number of ether oxygens (including phenoxy) is 4. The molecule has 3 fully saturated rings. The molecule has 0 radical (unpaired) electrons. The first-order valence-corrected chi connectivity index (χ1v) is 15.6. The van der Waals surface area contributed by atoms with Gasteiger partial charge in [0, 0.05) is 13.0 Å². The van der Waals surface area contributed by atoms with Gasteiger partial charge in [-0.05, 0) is 110 Å². The number of piperidine rings is 2. The Morgan fingerprint density at radius 1 is 0.952 bits per heavy atom. The summed E-state index contributed by atoms with van der Waals surface area (Å²) in [6, 6.07) is 7.64. The molecule has 4 rings (SSSR count). The lowest BCUT2D eigenvalue weighted by atomic mass is 9.75. The second-order valence-electron chi connectivity index (χ2n) is 14.1. The van der Waals surface area contributed by atoms with Gasteiger partial charge in [-0.3, -0.25) is 4.79 Å². The maximum absolute atomic E-state index is 13.3. The zero-order chi connectivity index (χ0) is 30.5. The number of benzene rings is 1. The fourth-order valence-corrected chi connectivity index (χ4v) is 6.60. The molecule has 9 nitrogen and oxygen atoms in total. The van der Waals surface area contributed by atoms with Crippen LogP contribution in [-0.2, 0) is 23.8 Å². The normalized spacial score (nSPS) is 26.9. The Kier molecular flexibility index (Phi) is 10.1. The summed E-state index contributed by atoms with van der Waals surface area (Å²) in [5.41, 5.74) is -0.533. The van der Waals surface area contributed by atoms with Gasteiger partial charge in [0.2, 0.25) is 5.91 Å². The number of likely N-dealkylation sites (tertiary alicyclic amines) is 1. The highest BCUT2D eigenvalue weighted by molar-refractivity contribution is 5.78. The third-order valence-corrected chi connectivity index (χ3v) is 8.37. The van der Waals surface area contributed by atoms with Gasteiger partial charge < -0.3 is 29.2 Å². The summed E-state index contributed by atoms with van der Waals surface area (Å²) in [5.74, 6) is 0.685. The summed E-state index contributed by atoms with van der Waals surface area (Å²) in [6.45, 7) is 12.0. The summed E-state index contributed by atoms with van der Waals surface area (Å²) in [7, 11) is 0. The lowest BCUT2D eigenvalue weighted by Gasteiger charge is -2.52. The summed E-state index contributed by atoms with van der Waals surface area (Å²) in [4.78, 5) is 39.8. The summed E-state index contributed by atoms with van der Waals surface area (Å²) < 4.78 is 23.6. The second-order valence-corrected chi connectivity index (χ2v) is 14.1. The van der Waals surface area contributed by atoms with Crippen molar-refractivity contribution in [1.29, 1.82) is 0 Å². The van der Waals surface area contributed by atoms with Gasteiger partial charge in [0.05, 0.1) is 24.3 Å². The van der Waals surface area contributed by atoms with E-state index in [2.05, 4.69) is 11.4 Å². The van der Waals surface area contributed by atoms with Gasteiger partial charge in [-0.1, -0.05) is 18.2 Å². The maximum Gasteiger partial charge on any atom is 0.410 e. The van der Waals surface area contributed by atoms with Crippen LogP contribution in [0.5, 0.6) is 5.75 Å². The van der Waals surface area contributed by atoms with E-state index in [0.29, 0.717) is 25.5 Å². The molecule has 1 aromatic rings. The molecule has 2 aliphatic heterocycles. The molecule has 2 saturated heterocycles. The molecular formula is C33H50N2O7. The third kappa shape index (κ3) is 8.62. The third-order valence-electron chi connectivity index (χ3n) is 8.37. The topological polar surface area (TPSA) is 103 Å². The first kappa shape index (κ1) is 32.1. The van der Waals surface area contributed by atoms with Crippen LogP contribution in [0.2, 0.25) is 0 Å². The van der Waals surface area contributed by atoms with E-state index >= 15 is 0 Å². The Labute approximate surface area is 251 Å². The number of nitrogens with zero attached hydrogens (tertiary/aromatic N) is 1. The minimum Gasteiger partial charge on any atom is -0.482 e. The number of carbonyl (C=O) groups is 3. The van der Waals surface area contributed by atoms with Crippen LogP contribution < -0.4 is 10.1 Å². The second kappa shape index (κ2) is 13.2. The fourth-order valence-electron chi connectivity index (χ4n) is 6.60. The predicted octanol–water partition coefficient (Wildman–Crippen LogP) is 5.89. The maximum atomic E-state index is 13.3. The van der Waals surface area contributed by atoms with E-state index in [9.17, 15) is 14.4 Å². The van der Waals surface area contributed by atoms with Gasteiger partial charge >= 0.3 is 12.1 Å². The zero-order valence-corrected chi connectivity index (χ0v) is 26.3. The van der Waals surface area contributed by atoms with Crippen LogP contribution in [0.1, 0.15) is 111 Å². The van der Waals surface area contributed by atoms with Crippen molar-refractivity contribution in [2.24, 2.45) is 0 Å². The SMILES string of the molecule is CC(C)(C)OC(=O)COc1ccccc1C1CCC(OCC2N(C(=O)OC(C)(C)C)CCCC23CCCC(=O)N3)CC1. The molecule has 2 amide bonds. The molecule has 42 heavy (non-hydrogen) atoms. The average molecular weight is 587 g/mol. The molecule has 1 aliphatic carbocycles. The van der Waals surface area contributed by atoms with E-state index in [-0.39, 0.29) is 36.7 Å². The highest BCUT2D eigenvalue weighted by Crippen LogP contribution is 2.40. The van der Waals surface area contributed by atoms with Crippen molar-refractivity contribution in [2.75, 3.05) is 19.8 Å². The molecule has 234 valence electrons. The average Bonchev–Trinajstić information content (AvgIpc) is 2.90. The number of amides is 2. The quantitative estimate of drug-likeness (QED) is 0.398. The van der Waals surface area contributed by atoms with E-state index in [1.54, 1.807) is 4.90 Å². The fraction of sp³-hybridized carbons (Fsp3) is 0.727. The van der Waals surface area contributed by atoms with E-state index in [1.807, 2.05) is 59.7 Å². The molecule has 2 unspecified atom stereocenters. The van der Waals surface area contributed by atoms with E-state index < -0.39 is 16.7 Å². The van der Waals surface area contributed by atoms with Gasteiger partial charge in [0.15, 0.2) is 6.61 Å². The van der Waals surface area contributed by atoms with Gasteiger partial charge in [-0.2, -0.15) is 0 Å². The van der Waals surface area contributed by atoms with Gasteiger partial charge in [-0.25, -0.2) is 9.59 Å². The van der Waals surface area contributed by atoms with Crippen LogP contribution in [0.4, 0.5) is 4.79 Å². The van der Waals surface area contributed by atoms with Crippen LogP contribution >= 0.6 is 0 Å². The Balaban J connectivity index is 1.38. The molecular weight excluding hydrogens is 536 g/mol. The standard InChI is InChI=1S/C33H50N2O7/c1-31(2,3)41-29(37)22-40-26-12-8-7-11-25(26)23-14-16-24(17-15-23)39-21-27-33(18-9-13-28(36)34-33)19-10-20-35(27)30(38)42-32(4,5)6/h7-8,11-12,23-24,27H,9-10,13-22H2,1-6H3,(H,34,36). The lowest BCUT2D eigenvalue weighted by molar-refractivity contribution is -0.157. The highest BCUT2D eigenvalue weighted by atomic mass is 16.6. The largest absolute Gasteiger partial charge is 0.482 e. The van der Waals surface area contributed by atoms with Crippen molar-refractivity contribution in [3.05, 3.63) is 29.8 Å². The van der Waals surface area contributed by atoms with Gasteiger partial charge in [-0.15, -0.1) is 0 Å². The molecule has 1 aromatic carbocycles. The molecule has 2 atom stereocenters. The smallest absolute Gasteiger partial charge is 0.410 e. The van der Waals surface area contributed by atoms with Crippen molar-refractivity contribution >= 4 is 18.0 Å². The number of hydrogen-bond acceptors (Lipinski definition) is 7. The number of rotatable bonds is 7. The van der Waals surface area contributed by atoms with Crippen molar-refractivity contribution < 1.29 is 33.3 Å². The molecule has 2 heterocycles. The van der Waals surface area contributed by atoms with E-state index in [0.717, 1.165) is 62.7 Å². The summed E-state index contributed by atoms with van der Waals surface area (Å²) in [5, 5.41) is 3.27. The van der Waals surface area contributed by atoms with Crippen molar-refractivity contribution in [3.8, 4) is 5.75 Å². The molecule has 3 aliphatic rings. The molecule has 9 heteroatoms. The van der Waals surface area contributed by atoms with Crippen LogP contribution in [0, 0.1) is 0 Å². The molecule has 0 aromatic heterocycles. The van der Waals surface area contributed by atoms with E-state index in [4.69, 9.17) is 18.9 Å². The number of carbonyl (C=O) groups excluding carboxylic acids is 3. The van der Waals surface area contributed by atoms with Crippen LogP contribution in [0.25, 0.3) is 0 Å². The van der Waals surface area contributed by atoms with Gasteiger partial charge in [0.25, 0.3) is 0 Å². The monoisotopic (exact) mass is 586 g/mol. The minimum atomic E-state index is -0.603. The lowest BCUT2D eigenvalue weighted by Crippen LogP contribution is -2.69. The Morgan fingerprint density at radius 2 is 1.62 bits per heavy atom. The van der Waals surface area contributed by atoms with Crippen molar-refractivity contribution in [1.82, 2.24) is 10.2 Å². The van der Waals surface area contributed by atoms with Crippen LogP contribution in [0.15, 0.2) is 24.3 Å². The predicted molar refractivity (Wildman–Crippen MR) is 159 cm³/mol. The zero-order valence-electron chi connectivity index (χ0n) is 26.3. The number of hydrogen-bond donors (Lipinski definition) is 1. The highest BCUT2D eigenvalue weighted by Gasteiger charge is 2.49. The molecule has 1 saturated carbocycles. The first-order chi connectivity index (χ1) is 19.7. The minimum absolute atomic E-state index is 0.0466. The Hall–Kier alpha value is -2.81. The molecule has 1 N–H and O–H groups in total. The summed E-state index contributed by atoms with van der Waals surface area (Å²) >= 11 is 0. The number of esters is 1. The van der Waals surface area contributed by atoms with Crippen LogP contribution in [0.3, 0.4) is 0 Å². The first-order valence-electron chi connectivity index (χ1n) is 15.6. The summed E-state index contributed by atoms with van der Waals surface area (Å²) in [6.07, 6.45) is 7.15. The Morgan fingerprint density at radius 3 is 2.29 bits per heavy atom. The number of nitrogens with one attached hydrogen (secondary N) is 1. The van der Waals surface area contributed by atoms with Crippen molar-refractivity contribution in [2.45, 2.75) is 134 Å². The molecule has 0 bridgehead atoms. The van der Waals surface area contributed by atoms with Crippen LogP contribution in [-0.4, -0.2) is 71.5 Å². The Bertz CT molecular complexity index is 1100. The molecule has 1 spiro atoms. The number of para-hydroxylation sites is 1.